The summed E-state index contributed by atoms with van der Waals surface area (Å²) < 4.78 is 32.4. The van der Waals surface area contributed by atoms with E-state index in [2.05, 4.69) is 5.32 Å². The molecule has 1 aromatic rings. The molecule has 0 bridgehead atoms. The standard InChI is InChI=1S/C14H19F2NO2/c1-9-2-5-12(15)14(13(9)16)17-6-11(18)8-19-7-10-3-4-10/h2,5,10-11,17-18H,3-4,6-8H2,1H3. The molecule has 1 fully saturated rings. The van der Waals surface area contributed by atoms with E-state index in [0.29, 0.717) is 18.1 Å². The van der Waals surface area contributed by atoms with Crippen LogP contribution in [0.1, 0.15) is 18.4 Å². The molecule has 3 nitrogen and oxygen atoms in total. The second-order valence-electron chi connectivity index (χ2n) is 5.07. The maximum Gasteiger partial charge on any atom is 0.152 e. The molecular weight excluding hydrogens is 252 g/mol. The number of rotatable bonds is 7. The number of anilines is 1. The molecule has 0 aromatic heterocycles. The zero-order chi connectivity index (χ0) is 13.8. The van der Waals surface area contributed by atoms with Gasteiger partial charge in [-0.1, -0.05) is 6.07 Å². The number of nitrogens with one attached hydrogen (secondary N) is 1. The highest BCUT2D eigenvalue weighted by Crippen LogP contribution is 2.28. The van der Waals surface area contributed by atoms with Crippen LogP contribution in [0.3, 0.4) is 0 Å². The number of aliphatic hydroxyl groups is 1. The lowest BCUT2D eigenvalue weighted by Crippen LogP contribution is -2.26. The van der Waals surface area contributed by atoms with Crippen molar-refractivity contribution in [2.45, 2.75) is 25.9 Å². The quantitative estimate of drug-likeness (QED) is 0.800. The number of hydrogen-bond acceptors (Lipinski definition) is 3. The lowest BCUT2D eigenvalue weighted by Gasteiger charge is -2.14. The summed E-state index contributed by atoms with van der Waals surface area (Å²) in [4.78, 5) is 0. The third-order valence-electron chi connectivity index (χ3n) is 3.16. The Hall–Kier alpha value is -1.20. The van der Waals surface area contributed by atoms with Gasteiger partial charge in [-0.25, -0.2) is 8.78 Å². The molecule has 1 aromatic carbocycles. The van der Waals surface area contributed by atoms with Crippen LogP contribution in [0, 0.1) is 24.5 Å². The van der Waals surface area contributed by atoms with E-state index >= 15 is 0 Å². The fraction of sp³-hybridized carbons (Fsp3) is 0.571. The highest BCUT2D eigenvalue weighted by atomic mass is 19.1. The van der Waals surface area contributed by atoms with E-state index in [4.69, 9.17) is 4.74 Å². The monoisotopic (exact) mass is 271 g/mol. The van der Waals surface area contributed by atoms with E-state index in [1.54, 1.807) is 6.92 Å². The Bertz CT molecular complexity index is 436. The number of halogens is 2. The smallest absolute Gasteiger partial charge is 0.152 e. The van der Waals surface area contributed by atoms with Crippen molar-refractivity contribution in [1.29, 1.82) is 0 Å². The van der Waals surface area contributed by atoms with Gasteiger partial charge in [0.1, 0.15) is 11.5 Å². The van der Waals surface area contributed by atoms with Crippen LogP contribution in [0.5, 0.6) is 0 Å². The number of benzene rings is 1. The molecule has 1 unspecified atom stereocenters. The Balaban J connectivity index is 1.78. The van der Waals surface area contributed by atoms with Crippen LogP contribution < -0.4 is 5.32 Å². The molecule has 0 aliphatic heterocycles. The molecule has 1 aliphatic carbocycles. The molecule has 2 rings (SSSR count). The Kier molecular flexibility index (Phi) is 4.71. The van der Waals surface area contributed by atoms with Gasteiger partial charge in [0.05, 0.1) is 12.7 Å². The zero-order valence-electron chi connectivity index (χ0n) is 11.0. The van der Waals surface area contributed by atoms with Gasteiger partial charge >= 0.3 is 0 Å². The average molecular weight is 271 g/mol. The van der Waals surface area contributed by atoms with Crippen molar-refractivity contribution in [1.82, 2.24) is 0 Å². The van der Waals surface area contributed by atoms with Gasteiger partial charge in [-0.15, -0.1) is 0 Å². The molecule has 0 heterocycles. The van der Waals surface area contributed by atoms with Crippen LogP contribution in [-0.4, -0.2) is 31.0 Å². The summed E-state index contributed by atoms with van der Waals surface area (Å²) >= 11 is 0. The predicted molar refractivity (Wildman–Crippen MR) is 69.1 cm³/mol. The molecule has 0 saturated heterocycles. The van der Waals surface area contributed by atoms with Gasteiger partial charge in [0, 0.05) is 13.2 Å². The Morgan fingerprint density at radius 2 is 2.16 bits per heavy atom. The van der Waals surface area contributed by atoms with Gasteiger partial charge < -0.3 is 15.2 Å². The first-order valence-electron chi connectivity index (χ1n) is 6.52. The van der Waals surface area contributed by atoms with E-state index in [9.17, 15) is 13.9 Å². The van der Waals surface area contributed by atoms with Crippen molar-refractivity contribution in [3.63, 3.8) is 0 Å². The van der Waals surface area contributed by atoms with Crippen molar-refractivity contribution >= 4 is 5.69 Å². The maximum atomic E-state index is 13.7. The van der Waals surface area contributed by atoms with Crippen molar-refractivity contribution < 1.29 is 18.6 Å². The van der Waals surface area contributed by atoms with Crippen molar-refractivity contribution in [2.24, 2.45) is 5.92 Å². The van der Waals surface area contributed by atoms with E-state index in [1.165, 1.54) is 25.0 Å². The molecule has 106 valence electrons. The van der Waals surface area contributed by atoms with Crippen LogP contribution >= 0.6 is 0 Å². The third kappa shape index (κ3) is 4.14. The van der Waals surface area contributed by atoms with Crippen LogP contribution in [-0.2, 0) is 4.74 Å². The summed E-state index contributed by atoms with van der Waals surface area (Å²) in [6.07, 6.45) is 1.60. The summed E-state index contributed by atoms with van der Waals surface area (Å²) in [6, 6.07) is 2.59. The van der Waals surface area contributed by atoms with Crippen LogP contribution in [0.25, 0.3) is 0 Å². The fourth-order valence-corrected chi connectivity index (χ4v) is 1.75. The highest BCUT2D eigenvalue weighted by molar-refractivity contribution is 5.48. The van der Waals surface area contributed by atoms with Crippen LogP contribution in [0.15, 0.2) is 12.1 Å². The van der Waals surface area contributed by atoms with Gasteiger partial charge in [-0.2, -0.15) is 0 Å². The SMILES string of the molecule is Cc1ccc(F)c(NCC(O)COCC2CC2)c1F. The molecule has 0 amide bonds. The second-order valence-corrected chi connectivity index (χ2v) is 5.07. The normalized spacial score (nSPS) is 16.4. The van der Waals surface area contributed by atoms with Gasteiger partial charge in [0.2, 0.25) is 0 Å². The van der Waals surface area contributed by atoms with Crippen LogP contribution in [0.2, 0.25) is 0 Å². The summed E-state index contributed by atoms with van der Waals surface area (Å²) in [6.45, 7) is 2.46. The lowest BCUT2D eigenvalue weighted by atomic mass is 10.2. The third-order valence-corrected chi connectivity index (χ3v) is 3.16. The molecule has 2 N–H and O–H groups in total. The van der Waals surface area contributed by atoms with Crippen molar-refractivity contribution in [3.05, 3.63) is 29.3 Å². The molecule has 1 aliphatic rings. The minimum atomic E-state index is -0.780. The van der Waals surface area contributed by atoms with Gasteiger partial charge in [-0.05, 0) is 37.3 Å². The highest BCUT2D eigenvalue weighted by Gasteiger charge is 2.21. The van der Waals surface area contributed by atoms with E-state index in [0.717, 1.165) is 0 Å². The van der Waals surface area contributed by atoms with Gasteiger partial charge in [-0.3, -0.25) is 0 Å². The first-order chi connectivity index (χ1) is 9.08. The number of hydrogen-bond donors (Lipinski definition) is 2. The molecular formula is C14H19F2NO2. The predicted octanol–water partition coefficient (Wildman–Crippen LogP) is 2.47. The number of aliphatic hydroxyl groups excluding tert-OH is 1. The Labute approximate surface area is 111 Å². The van der Waals surface area contributed by atoms with E-state index in [1.807, 2.05) is 0 Å². The topological polar surface area (TPSA) is 41.5 Å². The average Bonchev–Trinajstić information content (AvgIpc) is 3.18. The largest absolute Gasteiger partial charge is 0.389 e. The van der Waals surface area contributed by atoms with E-state index in [-0.39, 0.29) is 18.8 Å². The maximum absolute atomic E-state index is 13.7. The van der Waals surface area contributed by atoms with Gasteiger partial charge in [0.15, 0.2) is 5.82 Å². The van der Waals surface area contributed by atoms with Crippen molar-refractivity contribution in [3.8, 4) is 0 Å². The van der Waals surface area contributed by atoms with Gasteiger partial charge in [0.25, 0.3) is 0 Å². The van der Waals surface area contributed by atoms with Crippen molar-refractivity contribution in [2.75, 3.05) is 25.1 Å². The second kappa shape index (κ2) is 6.30. The first-order valence-corrected chi connectivity index (χ1v) is 6.52. The molecule has 1 saturated carbocycles. The molecule has 5 heteroatoms. The molecule has 0 radical (unpaired) electrons. The summed E-state index contributed by atoms with van der Waals surface area (Å²) in [5.41, 5.74) is 0.171. The van der Waals surface area contributed by atoms with E-state index < -0.39 is 17.7 Å². The first kappa shape index (κ1) is 14.2. The Morgan fingerprint density at radius 1 is 1.42 bits per heavy atom. The minimum absolute atomic E-state index is 0.0575. The molecule has 19 heavy (non-hydrogen) atoms. The lowest BCUT2D eigenvalue weighted by molar-refractivity contribution is 0.0385. The number of aryl methyl sites for hydroxylation is 1. The number of ether oxygens (including phenoxy) is 1. The molecule has 1 atom stereocenters. The minimum Gasteiger partial charge on any atom is -0.389 e. The molecule has 0 spiro atoms. The fourth-order valence-electron chi connectivity index (χ4n) is 1.75. The van der Waals surface area contributed by atoms with Crippen LogP contribution in [0.4, 0.5) is 14.5 Å². The summed E-state index contributed by atoms with van der Waals surface area (Å²) in [5, 5.41) is 12.3. The zero-order valence-corrected chi connectivity index (χ0v) is 11.0. The Morgan fingerprint density at radius 3 is 2.84 bits per heavy atom. The summed E-state index contributed by atoms with van der Waals surface area (Å²) in [7, 11) is 0. The summed E-state index contributed by atoms with van der Waals surface area (Å²) in [5.74, 6) is -0.646.